The second-order valence-electron chi connectivity index (χ2n) is 7.72. The van der Waals surface area contributed by atoms with Crippen molar-refractivity contribution in [1.82, 2.24) is 29.5 Å². The lowest BCUT2D eigenvalue weighted by Gasteiger charge is -2.16. The molecule has 0 unspecified atom stereocenters. The lowest BCUT2D eigenvalue weighted by molar-refractivity contribution is 0.340. The SMILES string of the molecule is CCOc1cnccc1-c1cc(NCc2cnn(C)c2)c2c(n1)c(C)nn2[C@@H](C)CC. The highest BCUT2D eigenvalue weighted by atomic mass is 16.5. The minimum atomic E-state index is 0.266. The van der Waals surface area contributed by atoms with Gasteiger partial charge in [-0.1, -0.05) is 6.92 Å². The molecule has 0 aliphatic carbocycles. The smallest absolute Gasteiger partial charge is 0.146 e. The largest absolute Gasteiger partial charge is 0.492 e. The van der Waals surface area contributed by atoms with Crippen molar-refractivity contribution in [3.63, 3.8) is 0 Å². The summed E-state index contributed by atoms with van der Waals surface area (Å²) in [5, 5.41) is 12.7. The molecule has 0 saturated heterocycles. The highest BCUT2D eigenvalue weighted by Crippen LogP contribution is 2.35. The van der Waals surface area contributed by atoms with E-state index in [0.29, 0.717) is 13.2 Å². The molecular formula is C23H29N7O. The Bertz CT molecular complexity index is 1190. The summed E-state index contributed by atoms with van der Waals surface area (Å²) in [6.07, 6.45) is 8.38. The highest BCUT2D eigenvalue weighted by molar-refractivity contribution is 5.93. The van der Waals surface area contributed by atoms with Gasteiger partial charge in [-0.15, -0.1) is 0 Å². The summed E-state index contributed by atoms with van der Waals surface area (Å²) >= 11 is 0. The minimum Gasteiger partial charge on any atom is -0.492 e. The number of fused-ring (bicyclic) bond motifs is 1. The van der Waals surface area contributed by atoms with Gasteiger partial charge in [-0.2, -0.15) is 10.2 Å². The lowest BCUT2D eigenvalue weighted by Crippen LogP contribution is -2.09. The van der Waals surface area contributed by atoms with Gasteiger partial charge in [-0.3, -0.25) is 14.3 Å². The van der Waals surface area contributed by atoms with Gasteiger partial charge in [0, 0.05) is 43.2 Å². The lowest BCUT2D eigenvalue weighted by atomic mass is 10.1. The molecule has 4 aromatic rings. The van der Waals surface area contributed by atoms with Crippen molar-refractivity contribution >= 4 is 16.7 Å². The van der Waals surface area contributed by atoms with Crippen LogP contribution in [0.1, 0.15) is 44.5 Å². The standard InChI is InChI=1S/C23H29N7O/c1-6-15(3)30-23-20(25-11-17-12-26-29(5)14-17)10-19(27-22(23)16(4)28-30)18-8-9-24-13-21(18)31-7-2/h8-10,12-15H,6-7,11H2,1-5H3,(H,25,27)/t15-/m0/s1. The quantitative estimate of drug-likeness (QED) is 0.452. The first-order chi connectivity index (χ1) is 15.0. The summed E-state index contributed by atoms with van der Waals surface area (Å²) in [7, 11) is 1.92. The van der Waals surface area contributed by atoms with E-state index in [0.717, 1.165) is 51.4 Å². The monoisotopic (exact) mass is 419 g/mol. The van der Waals surface area contributed by atoms with E-state index in [9.17, 15) is 0 Å². The molecule has 0 amide bonds. The second-order valence-corrected chi connectivity index (χ2v) is 7.72. The molecule has 31 heavy (non-hydrogen) atoms. The van der Waals surface area contributed by atoms with Crippen molar-refractivity contribution in [3.8, 4) is 17.0 Å². The van der Waals surface area contributed by atoms with Crippen LogP contribution in [-0.4, -0.2) is 36.1 Å². The molecule has 4 rings (SSSR count). The molecule has 8 heteroatoms. The molecule has 0 radical (unpaired) electrons. The fourth-order valence-electron chi connectivity index (χ4n) is 3.67. The maximum Gasteiger partial charge on any atom is 0.146 e. The Hall–Kier alpha value is -3.42. The van der Waals surface area contributed by atoms with Gasteiger partial charge in [0.2, 0.25) is 0 Å². The number of rotatable bonds is 8. The number of pyridine rings is 2. The zero-order valence-electron chi connectivity index (χ0n) is 18.8. The number of nitrogens with zero attached hydrogens (tertiary/aromatic N) is 6. The molecule has 0 aliphatic heterocycles. The topological polar surface area (TPSA) is 82.7 Å². The maximum atomic E-state index is 5.81. The van der Waals surface area contributed by atoms with E-state index in [-0.39, 0.29) is 6.04 Å². The number of ether oxygens (including phenoxy) is 1. The molecule has 0 spiro atoms. The number of aromatic nitrogens is 6. The van der Waals surface area contributed by atoms with Crippen molar-refractivity contribution in [1.29, 1.82) is 0 Å². The number of hydrogen-bond acceptors (Lipinski definition) is 6. The van der Waals surface area contributed by atoms with E-state index in [4.69, 9.17) is 14.8 Å². The zero-order chi connectivity index (χ0) is 22.0. The molecule has 4 heterocycles. The van der Waals surface area contributed by atoms with Crippen LogP contribution in [0.2, 0.25) is 0 Å². The number of nitrogens with one attached hydrogen (secondary N) is 1. The average molecular weight is 420 g/mol. The van der Waals surface area contributed by atoms with E-state index < -0.39 is 0 Å². The van der Waals surface area contributed by atoms with E-state index in [1.54, 1.807) is 12.4 Å². The van der Waals surface area contributed by atoms with Crippen LogP contribution in [-0.2, 0) is 13.6 Å². The molecule has 0 saturated carbocycles. The van der Waals surface area contributed by atoms with Crippen molar-refractivity contribution in [3.05, 3.63) is 48.2 Å². The fourth-order valence-corrected chi connectivity index (χ4v) is 3.67. The molecule has 0 fully saturated rings. The zero-order valence-corrected chi connectivity index (χ0v) is 18.8. The van der Waals surface area contributed by atoms with Crippen LogP contribution in [0.25, 0.3) is 22.3 Å². The summed E-state index contributed by atoms with van der Waals surface area (Å²) in [6, 6.07) is 4.29. The van der Waals surface area contributed by atoms with Crippen LogP contribution in [0.4, 0.5) is 5.69 Å². The third-order valence-corrected chi connectivity index (χ3v) is 5.43. The molecule has 0 aromatic carbocycles. The van der Waals surface area contributed by atoms with Gasteiger partial charge in [0.25, 0.3) is 0 Å². The van der Waals surface area contributed by atoms with Gasteiger partial charge in [0.1, 0.15) is 16.8 Å². The molecule has 0 aliphatic rings. The van der Waals surface area contributed by atoms with Crippen molar-refractivity contribution in [2.75, 3.05) is 11.9 Å². The van der Waals surface area contributed by atoms with E-state index in [2.05, 4.69) is 40.0 Å². The van der Waals surface area contributed by atoms with Crippen LogP contribution >= 0.6 is 0 Å². The first-order valence-corrected chi connectivity index (χ1v) is 10.7. The summed E-state index contributed by atoms with van der Waals surface area (Å²) < 4.78 is 9.71. The number of anilines is 1. The van der Waals surface area contributed by atoms with Crippen LogP contribution in [0.15, 0.2) is 36.9 Å². The molecule has 8 nitrogen and oxygen atoms in total. The Morgan fingerprint density at radius 2 is 2.06 bits per heavy atom. The second kappa shape index (κ2) is 8.75. The molecular weight excluding hydrogens is 390 g/mol. The number of hydrogen-bond donors (Lipinski definition) is 1. The van der Waals surface area contributed by atoms with Crippen LogP contribution in [0.3, 0.4) is 0 Å². The van der Waals surface area contributed by atoms with Crippen molar-refractivity contribution < 1.29 is 4.74 Å². The third kappa shape index (κ3) is 4.10. The van der Waals surface area contributed by atoms with E-state index in [1.165, 1.54) is 0 Å². The Balaban J connectivity index is 1.87. The summed E-state index contributed by atoms with van der Waals surface area (Å²) in [6.45, 7) is 9.56. The van der Waals surface area contributed by atoms with Gasteiger partial charge in [-0.05, 0) is 39.3 Å². The van der Waals surface area contributed by atoms with Crippen LogP contribution in [0.5, 0.6) is 5.75 Å². The normalized spacial score (nSPS) is 12.3. The van der Waals surface area contributed by atoms with Gasteiger partial charge in [-0.25, -0.2) is 4.98 Å². The minimum absolute atomic E-state index is 0.266. The van der Waals surface area contributed by atoms with Crippen molar-refractivity contribution in [2.45, 2.75) is 46.7 Å². The molecule has 162 valence electrons. The Morgan fingerprint density at radius 3 is 2.77 bits per heavy atom. The molecule has 4 aromatic heterocycles. The predicted molar refractivity (Wildman–Crippen MR) is 122 cm³/mol. The Labute approximate surface area is 182 Å². The third-order valence-electron chi connectivity index (χ3n) is 5.43. The molecule has 1 N–H and O–H groups in total. The van der Waals surface area contributed by atoms with Gasteiger partial charge >= 0.3 is 0 Å². The van der Waals surface area contributed by atoms with Crippen LogP contribution < -0.4 is 10.1 Å². The average Bonchev–Trinajstić information content (AvgIpc) is 3.35. The van der Waals surface area contributed by atoms with Gasteiger partial charge in [0.15, 0.2) is 0 Å². The Morgan fingerprint density at radius 1 is 1.23 bits per heavy atom. The van der Waals surface area contributed by atoms with E-state index >= 15 is 0 Å². The van der Waals surface area contributed by atoms with E-state index in [1.807, 2.05) is 44.0 Å². The first kappa shape index (κ1) is 20.8. The predicted octanol–water partition coefficient (Wildman–Crippen LogP) is 4.52. The molecule has 0 bridgehead atoms. The first-order valence-electron chi connectivity index (χ1n) is 10.7. The van der Waals surface area contributed by atoms with Gasteiger partial charge in [0.05, 0.1) is 36.1 Å². The van der Waals surface area contributed by atoms with Crippen molar-refractivity contribution in [2.24, 2.45) is 7.05 Å². The number of aryl methyl sites for hydroxylation is 2. The summed E-state index contributed by atoms with van der Waals surface area (Å²) in [5.41, 5.74) is 6.67. The fraction of sp³-hybridized carbons (Fsp3) is 0.391. The summed E-state index contributed by atoms with van der Waals surface area (Å²) in [4.78, 5) is 9.21. The highest BCUT2D eigenvalue weighted by Gasteiger charge is 2.20. The maximum absolute atomic E-state index is 5.81. The van der Waals surface area contributed by atoms with Crippen LogP contribution in [0, 0.1) is 6.92 Å². The van der Waals surface area contributed by atoms with Gasteiger partial charge < -0.3 is 10.1 Å². The molecule has 1 atom stereocenters. The Kier molecular flexibility index (Phi) is 5.88. The summed E-state index contributed by atoms with van der Waals surface area (Å²) in [5.74, 6) is 0.724.